The Labute approximate surface area is 104 Å². The molecule has 2 rings (SSSR count). The quantitative estimate of drug-likeness (QED) is 0.852. The molecule has 0 aromatic heterocycles. The van der Waals surface area contributed by atoms with Crippen molar-refractivity contribution in [3.8, 4) is 0 Å². The molecule has 4 nitrogen and oxygen atoms in total. The Balaban J connectivity index is 2.89. The third kappa shape index (κ3) is 1.73. The average molecular weight is 275 g/mol. The van der Waals surface area contributed by atoms with E-state index in [0.717, 1.165) is 0 Å². The van der Waals surface area contributed by atoms with Gasteiger partial charge in [0.25, 0.3) is 0 Å². The highest BCUT2D eigenvalue weighted by molar-refractivity contribution is 7.92. The minimum atomic E-state index is -3.38. The molecule has 1 unspecified atom stereocenters. The van der Waals surface area contributed by atoms with Crippen LogP contribution in [0.4, 0.5) is 0 Å². The third-order valence-electron chi connectivity index (χ3n) is 3.04. The normalized spacial score (nSPS) is 21.2. The second-order valence-electron chi connectivity index (χ2n) is 4.26. The maximum atomic E-state index is 11.9. The van der Waals surface area contributed by atoms with Gasteiger partial charge in [-0.3, -0.25) is 0 Å². The molecule has 1 aromatic carbocycles. The van der Waals surface area contributed by atoms with Crippen molar-refractivity contribution in [2.45, 2.75) is 24.7 Å². The van der Waals surface area contributed by atoms with E-state index in [1.807, 2.05) is 0 Å². The van der Waals surface area contributed by atoms with E-state index in [1.54, 1.807) is 13.8 Å². The van der Waals surface area contributed by atoms with Crippen molar-refractivity contribution in [3.63, 3.8) is 0 Å². The average Bonchev–Trinajstić information content (AvgIpc) is 2.42. The molecular weight excluding hydrogens is 264 g/mol. The summed E-state index contributed by atoms with van der Waals surface area (Å²) in [6.45, 7) is 3.38. The topological polar surface area (TPSA) is 71.4 Å². The summed E-state index contributed by atoms with van der Waals surface area (Å²) in [4.78, 5) is 11.1. The molecule has 0 fully saturated rings. The van der Waals surface area contributed by atoms with Crippen molar-refractivity contribution in [3.05, 3.63) is 27.8 Å². The fourth-order valence-corrected chi connectivity index (χ4v) is 4.97. The number of hydrogen-bond acceptors (Lipinski definition) is 3. The molecule has 1 aliphatic rings. The van der Waals surface area contributed by atoms with E-state index in [-0.39, 0.29) is 27.2 Å². The largest absolute Gasteiger partial charge is 0.478 e. The smallest absolute Gasteiger partial charge is 0.336 e. The van der Waals surface area contributed by atoms with Crippen LogP contribution in [0.25, 0.3) is 0 Å². The Bertz CT molecular complexity index is 619. The van der Waals surface area contributed by atoms with E-state index in [2.05, 4.69) is 0 Å². The highest BCUT2D eigenvalue weighted by atomic mass is 35.5. The monoisotopic (exact) mass is 274 g/mol. The summed E-state index contributed by atoms with van der Waals surface area (Å²) in [5, 5.41) is 9.04. The molecule has 17 heavy (non-hydrogen) atoms. The van der Waals surface area contributed by atoms with Crippen molar-refractivity contribution in [2.75, 3.05) is 5.75 Å². The zero-order valence-electron chi connectivity index (χ0n) is 9.32. The molecule has 0 radical (unpaired) electrons. The number of carboxylic acid groups (broad SMARTS) is 1. The highest BCUT2D eigenvalue weighted by Gasteiger charge is 2.37. The Kier molecular flexibility index (Phi) is 2.71. The first-order chi connectivity index (χ1) is 7.75. The summed E-state index contributed by atoms with van der Waals surface area (Å²) < 4.78 is 23.8. The Hall–Kier alpha value is -1.07. The van der Waals surface area contributed by atoms with Crippen LogP contribution in [0.2, 0.25) is 5.02 Å². The number of sulfone groups is 1. The van der Waals surface area contributed by atoms with Crippen LogP contribution in [0.1, 0.15) is 34.3 Å². The Morgan fingerprint density at radius 2 is 2.12 bits per heavy atom. The lowest BCUT2D eigenvalue weighted by Gasteiger charge is -2.11. The van der Waals surface area contributed by atoms with Crippen molar-refractivity contribution in [1.82, 2.24) is 0 Å². The molecule has 1 atom stereocenters. The standard InChI is InChI=1S/C11H11ClO4S/c1-5-4-17(15,16)10-8(12)3-7(11(13)14)6(2)9(5)10/h3,5H,4H2,1-2H3,(H,13,14). The summed E-state index contributed by atoms with van der Waals surface area (Å²) in [5.74, 6) is -1.32. The lowest BCUT2D eigenvalue weighted by Crippen LogP contribution is -2.05. The van der Waals surface area contributed by atoms with E-state index in [9.17, 15) is 13.2 Å². The molecule has 0 saturated heterocycles. The van der Waals surface area contributed by atoms with Gasteiger partial charge < -0.3 is 5.11 Å². The molecule has 0 saturated carbocycles. The number of carbonyl (C=O) groups is 1. The first-order valence-electron chi connectivity index (χ1n) is 5.04. The van der Waals surface area contributed by atoms with Crippen LogP contribution in [0.3, 0.4) is 0 Å². The van der Waals surface area contributed by atoms with Crippen LogP contribution in [0, 0.1) is 6.92 Å². The van der Waals surface area contributed by atoms with Gasteiger partial charge in [0.15, 0.2) is 9.84 Å². The minimum Gasteiger partial charge on any atom is -0.478 e. The summed E-state index contributed by atoms with van der Waals surface area (Å²) in [6, 6.07) is 1.22. The molecule has 0 spiro atoms. The van der Waals surface area contributed by atoms with Crippen molar-refractivity contribution < 1.29 is 18.3 Å². The maximum absolute atomic E-state index is 11.9. The third-order valence-corrected chi connectivity index (χ3v) is 5.46. The predicted molar refractivity (Wildman–Crippen MR) is 63.6 cm³/mol. The lowest BCUT2D eigenvalue weighted by molar-refractivity contribution is 0.0696. The number of benzene rings is 1. The Morgan fingerprint density at radius 1 is 1.53 bits per heavy atom. The predicted octanol–water partition coefficient (Wildman–Crippen LogP) is 2.24. The molecule has 0 amide bonds. The van der Waals surface area contributed by atoms with Gasteiger partial charge in [-0.1, -0.05) is 18.5 Å². The summed E-state index contributed by atoms with van der Waals surface area (Å²) in [5.41, 5.74) is 1.11. The van der Waals surface area contributed by atoms with Gasteiger partial charge in [0.05, 0.1) is 21.2 Å². The molecule has 1 aromatic rings. The van der Waals surface area contributed by atoms with Gasteiger partial charge in [-0.25, -0.2) is 13.2 Å². The van der Waals surface area contributed by atoms with Gasteiger partial charge in [0.2, 0.25) is 0 Å². The van der Waals surface area contributed by atoms with Crippen LogP contribution >= 0.6 is 11.6 Å². The van der Waals surface area contributed by atoms with E-state index in [1.165, 1.54) is 6.07 Å². The molecule has 1 aliphatic heterocycles. The molecule has 0 aliphatic carbocycles. The number of rotatable bonds is 1. The minimum absolute atomic E-state index is 0.00681. The number of fused-ring (bicyclic) bond motifs is 1. The van der Waals surface area contributed by atoms with Crippen molar-refractivity contribution in [2.24, 2.45) is 0 Å². The van der Waals surface area contributed by atoms with Gasteiger partial charge in [0, 0.05) is 0 Å². The number of carboxylic acids is 1. The zero-order chi connectivity index (χ0) is 13.0. The highest BCUT2D eigenvalue weighted by Crippen LogP contribution is 2.42. The molecule has 6 heteroatoms. The molecule has 1 N–H and O–H groups in total. The first-order valence-corrected chi connectivity index (χ1v) is 7.07. The van der Waals surface area contributed by atoms with Crippen molar-refractivity contribution >= 4 is 27.4 Å². The molecule has 1 heterocycles. The first kappa shape index (κ1) is 12.4. The van der Waals surface area contributed by atoms with Gasteiger partial charge >= 0.3 is 5.97 Å². The molecular formula is C11H11ClO4S. The SMILES string of the molecule is Cc1c(C(=O)O)cc(Cl)c2c1C(C)CS2(=O)=O. The van der Waals surface area contributed by atoms with Gasteiger partial charge in [0.1, 0.15) is 0 Å². The second kappa shape index (κ2) is 3.71. The second-order valence-corrected chi connectivity index (χ2v) is 6.64. The van der Waals surface area contributed by atoms with Crippen LogP contribution in [-0.4, -0.2) is 25.2 Å². The van der Waals surface area contributed by atoms with Gasteiger partial charge in [-0.2, -0.15) is 0 Å². The Morgan fingerprint density at radius 3 is 2.65 bits per heavy atom. The zero-order valence-corrected chi connectivity index (χ0v) is 10.9. The number of aromatic carboxylic acids is 1. The molecule has 92 valence electrons. The van der Waals surface area contributed by atoms with Crippen LogP contribution in [0.5, 0.6) is 0 Å². The van der Waals surface area contributed by atoms with Crippen LogP contribution in [-0.2, 0) is 9.84 Å². The fourth-order valence-electron chi connectivity index (χ4n) is 2.37. The van der Waals surface area contributed by atoms with E-state index < -0.39 is 15.8 Å². The van der Waals surface area contributed by atoms with Crippen LogP contribution in [0.15, 0.2) is 11.0 Å². The van der Waals surface area contributed by atoms with E-state index in [4.69, 9.17) is 16.7 Å². The van der Waals surface area contributed by atoms with Crippen molar-refractivity contribution in [1.29, 1.82) is 0 Å². The van der Waals surface area contributed by atoms with E-state index >= 15 is 0 Å². The number of hydrogen-bond donors (Lipinski definition) is 1. The van der Waals surface area contributed by atoms with Crippen LogP contribution < -0.4 is 0 Å². The van der Waals surface area contributed by atoms with Gasteiger partial charge in [-0.05, 0) is 30.0 Å². The maximum Gasteiger partial charge on any atom is 0.336 e. The number of halogens is 1. The summed E-state index contributed by atoms with van der Waals surface area (Å²) in [7, 11) is -3.38. The lowest BCUT2D eigenvalue weighted by atomic mass is 9.94. The molecule has 0 bridgehead atoms. The van der Waals surface area contributed by atoms with Gasteiger partial charge in [-0.15, -0.1) is 0 Å². The fraction of sp³-hybridized carbons (Fsp3) is 0.364. The van der Waals surface area contributed by atoms with E-state index in [0.29, 0.717) is 11.1 Å². The summed E-state index contributed by atoms with van der Waals surface area (Å²) in [6.07, 6.45) is 0. The summed E-state index contributed by atoms with van der Waals surface area (Å²) >= 11 is 5.90.